The molecular weight excluding hydrogens is 357 g/mol. The van der Waals surface area contributed by atoms with Gasteiger partial charge in [0.1, 0.15) is 5.82 Å². The number of carbonyl (C=O) groups excluding carboxylic acids is 1. The summed E-state index contributed by atoms with van der Waals surface area (Å²) in [6.45, 7) is 5.67. The van der Waals surface area contributed by atoms with Gasteiger partial charge in [-0.1, -0.05) is 29.8 Å². The van der Waals surface area contributed by atoms with E-state index in [0.29, 0.717) is 27.7 Å². The molecule has 0 bridgehead atoms. The Bertz CT molecular complexity index is 992. The van der Waals surface area contributed by atoms with Crippen molar-refractivity contribution < 1.29 is 9.18 Å². The van der Waals surface area contributed by atoms with Crippen LogP contribution >= 0.6 is 11.6 Å². The van der Waals surface area contributed by atoms with Gasteiger partial charge in [-0.15, -0.1) is 0 Å². The van der Waals surface area contributed by atoms with E-state index >= 15 is 0 Å². The lowest BCUT2D eigenvalue weighted by atomic mass is 10.2. The molecule has 1 amide bonds. The summed E-state index contributed by atoms with van der Waals surface area (Å²) in [7, 11) is 1.72. The van der Waals surface area contributed by atoms with Crippen LogP contribution in [-0.2, 0) is 13.6 Å². The third kappa shape index (κ3) is 3.22. The number of hydrogen-bond donors (Lipinski definition) is 1. The second kappa shape index (κ2) is 6.92. The van der Waals surface area contributed by atoms with Crippen LogP contribution in [0.4, 0.5) is 10.1 Å². The van der Waals surface area contributed by atoms with Crippen LogP contribution in [0.2, 0.25) is 5.02 Å². The molecule has 8 heteroatoms. The molecule has 0 aliphatic carbocycles. The van der Waals surface area contributed by atoms with Gasteiger partial charge < -0.3 is 5.32 Å². The first-order chi connectivity index (χ1) is 12.3. The fraction of sp³-hybridized carbons (Fsp3) is 0.278. The summed E-state index contributed by atoms with van der Waals surface area (Å²) < 4.78 is 17.1. The van der Waals surface area contributed by atoms with Crippen LogP contribution in [0.5, 0.6) is 0 Å². The first kappa shape index (κ1) is 18.1. The predicted octanol–water partition coefficient (Wildman–Crippen LogP) is 3.63. The second-order valence-electron chi connectivity index (χ2n) is 6.12. The highest BCUT2D eigenvalue weighted by atomic mass is 35.5. The van der Waals surface area contributed by atoms with E-state index in [1.807, 2.05) is 6.92 Å². The van der Waals surface area contributed by atoms with Crippen molar-refractivity contribution in [1.82, 2.24) is 19.6 Å². The molecule has 1 aromatic carbocycles. The van der Waals surface area contributed by atoms with E-state index in [1.54, 1.807) is 48.5 Å². The molecule has 2 aromatic heterocycles. The molecule has 3 rings (SSSR count). The molecule has 0 aliphatic heterocycles. The Labute approximate surface area is 155 Å². The molecule has 136 valence electrons. The molecule has 0 unspecified atom stereocenters. The van der Waals surface area contributed by atoms with Gasteiger partial charge in [0.2, 0.25) is 0 Å². The molecule has 0 spiro atoms. The van der Waals surface area contributed by atoms with Gasteiger partial charge >= 0.3 is 0 Å². The van der Waals surface area contributed by atoms with Crippen molar-refractivity contribution in [3.63, 3.8) is 0 Å². The summed E-state index contributed by atoms with van der Waals surface area (Å²) in [5, 5.41) is 11.7. The topological polar surface area (TPSA) is 64.7 Å². The zero-order valence-corrected chi connectivity index (χ0v) is 15.7. The first-order valence-corrected chi connectivity index (χ1v) is 8.45. The maximum Gasteiger partial charge on any atom is 0.277 e. The van der Waals surface area contributed by atoms with E-state index in [0.717, 1.165) is 5.69 Å². The first-order valence-electron chi connectivity index (χ1n) is 8.07. The van der Waals surface area contributed by atoms with Crippen molar-refractivity contribution in [2.24, 2.45) is 7.05 Å². The minimum absolute atomic E-state index is 0.160. The van der Waals surface area contributed by atoms with Crippen molar-refractivity contribution in [3.8, 4) is 0 Å². The summed E-state index contributed by atoms with van der Waals surface area (Å²) in [4.78, 5) is 12.6. The number of carbonyl (C=O) groups is 1. The van der Waals surface area contributed by atoms with E-state index in [4.69, 9.17) is 11.6 Å². The summed E-state index contributed by atoms with van der Waals surface area (Å²) in [6.07, 6.45) is 0. The Kier molecular flexibility index (Phi) is 4.82. The minimum atomic E-state index is -0.407. The molecule has 0 radical (unpaired) electrons. The number of rotatable bonds is 4. The Morgan fingerprint density at radius 1 is 1.19 bits per heavy atom. The van der Waals surface area contributed by atoms with Crippen molar-refractivity contribution in [2.45, 2.75) is 27.3 Å². The number of hydrogen-bond acceptors (Lipinski definition) is 3. The van der Waals surface area contributed by atoms with Crippen LogP contribution in [-0.4, -0.2) is 25.5 Å². The molecule has 0 fully saturated rings. The lowest BCUT2D eigenvalue weighted by molar-refractivity contribution is 0.102. The average molecular weight is 376 g/mol. The van der Waals surface area contributed by atoms with E-state index < -0.39 is 5.91 Å². The molecule has 0 saturated carbocycles. The highest BCUT2D eigenvalue weighted by Gasteiger charge is 2.21. The van der Waals surface area contributed by atoms with Gasteiger partial charge in [0.05, 0.1) is 34.3 Å². The van der Waals surface area contributed by atoms with Gasteiger partial charge in [-0.05, 0) is 26.8 Å². The summed E-state index contributed by atoms with van der Waals surface area (Å²) in [5.74, 6) is -0.697. The molecule has 0 saturated heterocycles. The van der Waals surface area contributed by atoms with E-state index in [-0.39, 0.29) is 18.1 Å². The third-order valence-corrected chi connectivity index (χ3v) is 4.83. The van der Waals surface area contributed by atoms with Crippen molar-refractivity contribution in [1.29, 1.82) is 0 Å². The van der Waals surface area contributed by atoms with E-state index in [9.17, 15) is 9.18 Å². The smallest absolute Gasteiger partial charge is 0.277 e. The fourth-order valence-corrected chi connectivity index (χ4v) is 2.97. The number of benzene rings is 1. The molecule has 2 heterocycles. The van der Waals surface area contributed by atoms with Gasteiger partial charge in [-0.25, -0.2) is 4.39 Å². The zero-order valence-electron chi connectivity index (χ0n) is 15.0. The van der Waals surface area contributed by atoms with Crippen LogP contribution < -0.4 is 5.32 Å². The lowest BCUT2D eigenvalue weighted by Crippen LogP contribution is -2.15. The number of nitrogens with one attached hydrogen (secondary N) is 1. The number of anilines is 1. The monoisotopic (exact) mass is 375 g/mol. The lowest BCUT2D eigenvalue weighted by Gasteiger charge is -2.07. The zero-order chi connectivity index (χ0) is 19.0. The van der Waals surface area contributed by atoms with Crippen LogP contribution in [0, 0.1) is 26.6 Å². The van der Waals surface area contributed by atoms with Crippen LogP contribution in [0.15, 0.2) is 24.3 Å². The highest BCUT2D eigenvalue weighted by Crippen LogP contribution is 2.24. The number of amides is 1. The normalized spacial score (nSPS) is 11.0. The number of halogens is 2. The van der Waals surface area contributed by atoms with Crippen LogP contribution in [0.3, 0.4) is 0 Å². The van der Waals surface area contributed by atoms with Gasteiger partial charge in [0, 0.05) is 12.6 Å². The van der Waals surface area contributed by atoms with Crippen LogP contribution in [0.25, 0.3) is 0 Å². The maximum absolute atomic E-state index is 13.9. The number of aryl methyl sites for hydroxylation is 2. The van der Waals surface area contributed by atoms with Crippen molar-refractivity contribution in [2.75, 3.05) is 5.32 Å². The maximum atomic E-state index is 13.9. The summed E-state index contributed by atoms with van der Waals surface area (Å²) in [5.41, 5.74) is 3.33. The quantitative estimate of drug-likeness (QED) is 0.757. The minimum Gasteiger partial charge on any atom is -0.317 e. The Morgan fingerprint density at radius 3 is 2.50 bits per heavy atom. The molecule has 0 atom stereocenters. The van der Waals surface area contributed by atoms with E-state index in [1.165, 1.54) is 6.07 Å². The fourth-order valence-electron chi connectivity index (χ4n) is 2.72. The third-order valence-electron chi connectivity index (χ3n) is 4.37. The average Bonchev–Trinajstić information content (AvgIpc) is 3.01. The Balaban J connectivity index is 1.87. The van der Waals surface area contributed by atoms with Gasteiger partial charge in [-0.2, -0.15) is 10.2 Å². The van der Waals surface area contributed by atoms with Crippen molar-refractivity contribution in [3.05, 3.63) is 63.4 Å². The summed E-state index contributed by atoms with van der Waals surface area (Å²) in [6, 6.07) is 6.54. The number of nitrogens with zero attached hydrogens (tertiary/aromatic N) is 4. The van der Waals surface area contributed by atoms with Crippen LogP contribution in [0.1, 0.15) is 33.1 Å². The largest absolute Gasteiger partial charge is 0.317 e. The Morgan fingerprint density at radius 2 is 1.88 bits per heavy atom. The number of aromatic nitrogens is 4. The van der Waals surface area contributed by atoms with E-state index in [2.05, 4.69) is 15.5 Å². The molecule has 0 aliphatic rings. The highest BCUT2D eigenvalue weighted by molar-refractivity contribution is 6.34. The predicted molar refractivity (Wildman–Crippen MR) is 98.1 cm³/mol. The van der Waals surface area contributed by atoms with Crippen molar-refractivity contribution >= 4 is 23.2 Å². The molecule has 6 nitrogen and oxygen atoms in total. The second-order valence-corrected chi connectivity index (χ2v) is 6.50. The Hall–Kier alpha value is -2.67. The molecule has 26 heavy (non-hydrogen) atoms. The summed E-state index contributed by atoms with van der Waals surface area (Å²) >= 11 is 6.18. The van der Waals surface area contributed by atoms with Gasteiger partial charge in [-0.3, -0.25) is 14.2 Å². The van der Waals surface area contributed by atoms with Gasteiger partial charge in [0.15, 0.2) is 5.69 Å². The molecule has 1 N–H and O–H groups in total. The standard InChI is InChI=1S/C18H19ClFN5O/c1-10-16(21-18(26)17-15(19)11(2)24(4)23-17)12(3)25(22-10)9-13-7-5-6-8-14(13)20/h5-8H,9H2,1-4H3,(H,21,26). The van der Waals surface area contributed by atoms with Gasteiger partial charge in [0.25, 0.3) is 5.91 Å². The molecular formula is C18H19ClFN5O. The molecule has 3 aromatic rings. The SMILES string of the molecule is Cc1nn(Cc2ccccc2F)c(C)c1NC(=O)c1nn(C)c(C)c1Cl.